The average Bonchev–Trinajstić information content (AvgIpc) is 3.59. The molecule has 7 aromatic rings. The van der Waals surface area contributed by atoms with Crippen molar-refractivity contribution in [2.45, 2.75) is 131 Å². The summed E-state index contributed by atoms with van der Waals surface area (Å²) in [6, 6.07) is 42.6. The number of anilines is 1. The van der Waals surface area contributed by atoms with Gasteiger partial charge in [-0.2, -0.15) is 0 Å². The Labute approximate surface area is 471 Å². The molecule has 0 unspecified atom stereocenters. The molecule has 0 spiro atoms. The molecule has 6 aromatic carbocycles. The molecule has 0 bridgehead atoms. The summed E-state index contributed by atoms with van der Waals surface area (Å²) in [5, 5.41) is 13.0. The fraction of sp³-hybridized carbons (Fsp3) is 0.300. The second-order valence-electron chi connectivity index (χ2n) is 25.1. The highest BCUT2D eigenvalue weighted by molar-refractivity contribution is 6.94. The summed E-state index contributed by atoms with van der Waals surface area (Å²) < 4.78 is 7.22. The van der Waals surface area contributed by atoms with Crippen LogP contribution in [0.3, 0.4) is 0 Å². The van der Waals surface area contributed by atoms with Gasteiger partial charge in [-0.3, -0.25) is 5.41 Å². The van der Waals surface area contributed by atoms with Gasteiger partial charge in [0.15, 0.2) is 23.3 Å². The van der Waals surface area contributed by atoms with E-state index in [1.807, 2.05) is 31.3 Å². The van der Waals surface area contributed by atoms with Crippen LogP contribution in [0.15, 0.2) is 175 Å². The third-order valence-electron chi connectivity index (χ3n) is 15.3. The molecule has 0 amide bonds. The number of amidine groups is 2. The highest BCUT2D eigenvalue weighted by Gasteiger charge is 2.43. The molecule has 9 heteroatoms. The number of ether oxygens (including phenoxy) is 1. The molecule has 0 saturated heterocycles. The minimum absolute atomic E-state index is 0.0402. The first kappa shape index (κ1) is 55.8. The van der Waals surface area contributed by atoms with Crippen molar-refractivity contribution in [2.24, 2.45) is 4.99 Å². The molecule has 79 heavy (non-hydrogen) atoms. The summed E-state index contributed by atoms with van der Waals surface area (Å²) in [5.74, 6) is 3.76. The van der Waals surface area contributed by atoms with Gasteiger partial charge < -0.3 is 15.0 Å². The SMILES string of the molecule is C=CC1=C(CC)N(C(=C)/C=C\CC)c2cc(-c3c(C(=NC(=N)c4ccc(C(C)(C)C)cc4)NC)cccc3-c3nc(-c4ccc(C(C)(C)C)cc4)nc(-c4ccc(C(C)(C)C)cc4)n3)cc3c2B1c1cc(C(C)(C)C)ccc1O3. The predicted molar refractivity (Wildman–Crippen MR) is 335 cm³/mol. The summed E-state index contributed by atoms with van der Waals surface area (Å²) in [6.07, 6.45) is 7.89. The van der Waals surface area contributed by atoms with Crippen molar-refractivity contribution in [1.82, 2.24) is 20.3 Å². The van der Waals surface area contributed by atoms with E-state index < -0.39 is 0 Å². The van der Waals surface area contributed by atoms with Crippen molar-refractivity contribution in [1.29, 1.82) is 5.41 Å². The molecule has 0 radical (unpaired) electrons. The van der Waals surface area contributed by atoms with E-state index in [0.29, 0.717) is 28.9 Å². The van der Waals surface area contributed by atoms with Crippen LogP contribution in [-0.2, 0) is 21.7 Å². The van der Waals surface area contributed by atoms with Crippen LogP contribution in [0.2, 0.25) is 0 Å². The minimum Gasteiger partial charge on any atom is -0.458 e. The number of aromatic nitrogens is 3. The summed E-state index contributed by atoms with van der Waals surface area (Å²) in [7, 11) is 1.86. The number of nitrogens with one attached hydrogen (secondary N) is 2. The Balaban J connectivity index is 1.36. The van der Waals surface area contributed by atoms with Gasteiger partial charge in [-0.15, -0.1) is 0 Å². The van der Waals surface area contributed by atoms with Crippen LogP contribution in [-0.4, -0.2) is 40.4 Å². The highest BCUT2D eigenvalue weighted by atomic mass is 16.5. The van der Waals surface area contributed by atoms with Gasteiger partial charge in [0.2, 0.25) is 0 Å². The Morgan fingerprint density at radius 2 is 1.19 bits per heavy atom. The van der Waals surface area contributed by atoms with Crippen LogP contribution < -0.4 is 25.9 Å². The molecular formula is C70H78BN7O. The van der Waals surface area contributed by atoms with E-state index in [-0.39, 0.29) is 34.2 Å². The molecule has 0 fully saturated rings. The van der Waals surface area contributed by atoms with Crippen LogP contribution in [0.1, 0.15) is 143 Å². The fourth-order valence-electron chi connectivity index (χ4n) is 10.7. The number of benzene rings is 6. The minimum atomic E-state index is -0.158. The van der Waals surface area contributed by atoms with Crippen molar-refractivity contribution in [3.05, 3.63) is 203 Å². The standard InChI is InChI=1S/C70H78BN7O/c1-18-21-23-43(4)78-56(20-3)54(19-2)71-55-42-51(70(14,15)16)38-39-58(55)79-59-41-47(40-57(78)61(59)71)60-52(65(73-17)74-62(72)44-26-32-48(33-27-44)67(5,6)7)24-22-25-53(60)66-76-63(45-28-34-49(35-29-45)68(8,9)10)75-64(77-66)46-30-36-50(37-31-46)69(11,12)13/h19,21-42H,2,4,18,20H2,1,3,5-17H3,(H2,72,73,74)/b23-21-. The second-order valence-corrected chi connectivity index (χ2v) is 25.1. The maximum absolute atomic E-state index is 9.52. The Morgan fingerprint density at radius 1 is 0.658 bits per heavy atom. The smallest absolute Gasteiger partial charge is 0.255 e. The molecule has 0 saturated carbocycles. The number of hydrogen-bond donors (Lipinski definition) is 2. The van der Waals surface area contributed by atoms with Crippen molar-refractivity contribution in [2.75, 3.05) is 11.9 Å². The molecule has 3 heterocycles. The maximum Gasteiger partial charge on any atom is 0.255 e. The van der Waals surface area contributed by atoms with Gasteiger partial charge in [-0.1, -0.05) is 225 Å². The zero-order valence-electron chi connectivity index (χ0n) is 49.3. The number of rotatable bonds is 11. The number of aliphatic imine (C=N–C) groups is 1. The monoisotopic (exact) mass is 1040 g/mol. The summed E-state index contributed by atoms with van der Waals surface area (Å²) in [5.41, 5.74) is 16.5. The quantitative estimate of drug-likeness (QED) is 0.0580. The maximum atomic E-state index is 9.52. The Kier molecular flexibility index (Phi) is 15.1. The zero-order valence-corrected chi connectivity index (χ0v) is 49.3. The third-order valence-corrected chi connectivity index (χ3v) is 15.3. The molecule has 402 valence electrons. The molecule has 1 aromatic heterocycles. The number of hydrogen-bond acceptors (Lipinski definition) is 6. The molecule has 2 N–H and O–H groups in total. The van der Waals surface area contributed by atoms with E-state index in [1.54, 1.807) is 0 Å². The fourth-order valence-corrected chi connectivity index (χ4v) is 10.7. The molecule has 9 rings (SSSR count). The first-order valence-electron chi connectivity index (χ1n) is 27.9. The van der Waals surface area contributed by atoms with Crippen molar-refractivity contribution < 1.29 is 4.74 Å². The second kappa shape index (κ2) is 21.4. The molecule has 0 aliphatic carbocycles. The van der Waals surface area contributed by atoms with Crippen LogP contribution in [0.25, 0.3) is 45.3 Å². The molecule has 2 aliphatic rings. The predicted octanol–water partition coefficient (Wildman–Crippen LogP) is 16.1. The lowest BCUT2D eigenvalue weighted by Crippen LogP contribution is -2.54. The lowest BCUT2D eigenvalue weighted by molar-refractivity contribution is 0.486. The number of allylic oxidation sites excluding steroid dienone is 5. The first-order valence-corrected chi connectivity index (χ1v) is 27.9. The van der Waals surface area contributed by atoms with Gasteiger partial charge in [-0.05, 0) is 103 Å². The van der Waals surface area contributed by atoms with Crippen molar-refractivity contribution in [3.8, 4) is 56.8 Å². The van der Waals surface area contributed by atoms with E-state index in [2.05, 4.69) is 229 Å². The highest BCUT2D eigenvalue weighted by Crippen LogP contribution is 2.46. The topological polar surface area (TPSA) is 99.4 Å². The van der Waals surface area contributed by atoms with E-state index in [4.69, 9.17) is 31.3 Å². The van der Waals surface area contributed by atoms with Gasteiger partial charge in [0.25, 0.3) is 6.71 Å². The van der Waals surface area contributed by atoms with E-state index >= 15 is 0 Å². The number of nitrogens with zero attached hydrogens (tertiary/aromatic N) is 5. The van der Waals surface area contributed by atoms with Gasteiger partial charge in [0.1, 0.15) is 17.3 Å². The largest absolute Gasteiger partial charge is 0.458 e. The Bertz CT molecular complexity index is 3530. The van der Waals surface area contributed by atoms with Gasteiger partial charge >= 0.3 is 0 Å². The Morgan fingerprint density at radius 3 is 1.70 bits per heavy atom. The van der Waals surface area contributed by atoms with Gasteiger partial charge in [-0.25, -0.2) is 19.9 Å². The molecular weight excluding hydrogens is 966 g/mol. The van der Waals surface area contributed by atoms with Crippen LogP contribution in [0.5, 0.6) is 11.5 Å². The van der Waals surface area contributed by atoms with Crippen molar-refractivity contribution in [3.63, 3.8) is 0 Å². The van der Waals surface area contributed by atoms with Crippen LogP contribution >= 0.6 is 0 Å². The summed E-state index contributed by atoms with van der Waals surface area (Å²) in [4.78, 5) is 23.5. The normalized spacial score (nSPS) is 13.8. The zero-order chi connectivity index (χ0) is 56.9. The van der Waals surface area contributed by atoms with Crippen LogP contribution in [0.4, 0.5) is 5.69 Å². The molecule has 8 nitrogen and oxygen atoms in total. The lowest BCUT2D eigenvalue weighted by atomic mass is 9.33. The first-order chi connectivity index (χ1) is 37.3. The van der Waals surface area contributed by atoms with E-state index in [1.165, 1.54) is 22.3 Å². The summed E-state index contributed by atoms with van der Waals surface area (Å²) in [6.45, 7) is 40.1. The molecule has 0 atom stereocenters. The average molecular weight is 1040 g/mol. The van der Waals surface area contributed by atoms with Gasteiger partial charge in [0.05, 0.1) is 0 Å². The van der Waals surface area contributed by atoms with Gasteiger partial charge in [0, 0.05) is 57.5 Å². The van der Waals surface area contributed by atoms with E-state index in [0.717, 1.165) is 91.2 Å². The summed E-state index contributed by atoms with van der Waals surface area (Å²) >= 11 is 0. The number of fused-ring (bicyclic) bond motifs is 2. The lowest BCUT2D eigenvalue weighted by Gasteiger charge is -2.42. The van der Waals surface area contributed by atoms with Crippen molar-refractivity contribution >= 4 is 35.0 Å². The van der Waals surface area contributed by atoms with Crippen LogP contribution in [0, 0.1) is 5.41 Å². The van der Waals surface area contributed by atoms with E-state index in [9.17, 15) is 5.41 Å². The Hall–Kier alpha value is -7.91. The third kappa shape index (κ3) is 11.1. The molecule has 2 aliphatic heterocycles.